The molecule has 0 aliphatic carbocycles. The van der Waals surface area contributed by atoms with Crippen molar-refractivity contribution in [2.45, 2.75) is 12.8 Å². The standard InChI is InChI=1S/C12H16BrN3O/c13-10-2-1-5-15-11(10)12(17)16-6-3-9(8-14)4-7-16/h1-2,5,9H,3-4,6-8,14H2. The highest BCUT2D eigenvalue weighted by Crippen LogP contribution is 2.20. The van der Waals surface area contributed by atoms with Crippen molar-refractivity contribution < 1.29 is 4.79 Å². The van der Waals surface area contributed by atoms with Crippen molar-refractivity contribution in [1.29, 1.82) is 0 Å². The van der Waals surface area contributed by atoms with E-state index in [0.29, 0.717) is 11.6 Å². The van der Waals surface area contributed by atoms with Gasteiger partial charge < -0.3 is 10.6 Å². The van der Waals surface area contributed by atoms with Gasteiger partial charge in [-0.1, -0.05) is 0 Å². The third-order valence-electron chi connectivity index (χ3n) is 3.20. The minimum absolute atomic E-state index is 0.00736. The van der Waals surface area contributed by atoms with E-state index in [1.165, 1.54) is 0 Å². The molecule has 5 heteroatoms. The van der Waals surface area contributed by atoms with Crippen LogP contribution in [-0.4, -0.2) is 35.4 Å². The number of halogens is 1. The number of hydrogen-bond donors (Lipinski definition) is 1. The smallest absolute Gasteiger partial charge is 0.273 e. The van der Waals surface area contributed by atoms with E-state index >= 15 is 0 Å². The highest BCUT2D eigenvalue weighted by atomic mass is 79.9. The van der Waals surface area contributed by atoms with E-state index in [-0.39, 0.29) is 5.91 Å². The average Bonchev–Trinajstić information content (AvgIpc) is 2.39. The van der Waals surface area contributed by atoms with Crippen LogP contribution in [0.4, 0.5) is 0 Å². The summed E-state index contributed by atoms with van der Waals surface area (Å²) in [6.07, 6.45) is 3.63. The lowest BCUT2D eigenvalue weighted by Gasteiger charge is -2.31. The second-order valence-electron chi connectivity index (χ2n) is 4.31. The zero-order valence-electron chi connectivity index (χ0n) is 9.60. The Morgan fingerprint density at radius 2 is 2.24 bits per heavy atom. The van der Waals surface area contributed by atoms with Gasteiger partial charge in [-0.3, -0.25) is 4.79 Å². The van der Waals surface area contributed by atoms with Crippen LogP contribution < -0.4 is 5.73 Å². The summed E-state index contributed by atoms with van der Waals surface area (Å²) >= 11 is 3.36. The largest absolute Gasteiger partial charge is 0.337 e. The van der Waals surface area contributed by atoms with Crippen LogP contribution in [0.25, 0.3) is 0 Å². The first-order chi connectivity index (χ1) is 8.22. The maximum atomic E-state index is 12.2. The molecule has 1 amide bonds. The molecule has 1 saturated heterocycles. The van der Waals surface area contributed by atoms with Crippen molar-refractivity contribution in [2.75, 3.05) is 19.6 Å². The maximum Gasteiger partial charge on any atom is 0.273 e. The monoisotopic (exact) mass is 297 g/mol. The van der Waals surface area contributed by atoms with Crippen molar-refractivity contribution >= 4 is 21.8 Å². The van der Waals surface area contributed by atoms with Crippen LogP contribution >= 0.6 is 15.9 Å². The molecule has 1 aliphatic rings. The van der Waals surface area contributed by atoms with Gasteiger partial charge in [0.05, 0.1) is 0 Å². The fraction of sp³-hybridized carbons (Fsp3) is 0.500. The van der Waals surface area contributed by atoms with Gasteiger partial charge in [0.25, 0.3) is 5.91 Å². The average molecular weight is 298 g/mol. The number of amides is 1. The van der Waals surface area contributed by atoms with E-state index in [2.05, 4.69) is 20.9 Å². The van der Waals surface area contributed by atoms with E-state index in [4.69, 9.17) is 5.73 Å². The van der Waals surface area contributed by atoms with E-state index in [9.17, 15) is 4.79 Å². The second-order valence-corrected chi connectivity index (χ2v) is 5.16. The molecule has 1 aromatic rings. The second kappa shape index (κ2) is 5.60. The summed E-state index contributed by atoms with van der Waals surface area (Å²) in [6, 6.07) is 3.65. The molecule has 0 bridgehead atoms. The topological polar surface area (TPSA) is 59.2 Å². The Kier molecular flexibility index (Phi) is 4.12. The van der Waals surface area contributed by atoms with E-state index in [1.54, 1.807) is 6.20 Å². The lowest BCUT2D eigenvalue weighted by Crippen LogP contribution is -2.40. The number of nitrogens with zero attached hydrogens (tertiary/aromatic N) is 2. The van der Waals surface area contributed by atoms with Crippen molar-refractivity contribution in [2.24, 2.45) is 11.7 Å². The van der Waals surface area contributed by atoms with Crippen LogP contribution in [-0.2, 0) is 0 Å². The number of aromatic nitrogens is 1. The Labute approximate surface area is 109 Å². The molecule has 92 valence electrons. The van der Waals surface area contributed by atoms with Gasteiger partial charge >= 0.3 is 0 Å². The predicted molar refractivity (Wildman–Crippen MR) is 69.6 cm³/mol. The van der Waals surface area contributed by atoms with E-state index in [1.807, 2.05) is 17.0 Å². The number of piperidine rings is 1. The molecule has 2 N–H and O–H groups in total. The molecule has 1 fully saturated rings. The quantitative estimate of drug-likeness (QED) is 0.903. The minimum Gasteiger partial charge on any atom is -0.337 e. The van der Waals surface area contributed by atoms with Crippen LogP contribution in [0.5, 0.6) is 0 Å². The Balaban J connectivity index is 2.04. The SMILES string of the molecule is NCC1CCN(C(=O)c2ncccc2Br)CC1. The van der Waals surface area contributed by atoms with Crippen molar-refractivity contribution in [3.8, 4) is 0 Å². The first kappa shape index (κ1) is 12.5. The number of rotatable bonds is 2. The molecule has 0 aromatic carbocycles. The Morgan fingerprint density at radius 3 is 2.82 bits per heavy atom. The van der Waals surface area contributed by atoms with Gasteiger partial charge in [-0.25, -0.2) is 4.98 Å². The normalized spacial score (nSPS) is 17.2. The van der Waals surface area contributed by atoms with Crippen LogP contribution in [0.1, 0.15) is 23.3 Å². The molecule has 2 heterocycles. The molecule has 4 nitrogen and oxygen atoms in total. The number of carbonyl (C=O) groups is 1. The highest BCUT2D eigenvalue weighted by Gasteiger charge is 2.24. The summed E-state index contributed by atoms with van der Waals surface area (Å²) in [5.41, 5.74) is 6.14. The van der Waals surface area contributed by atoms with Gasteiger partial charge in [-0.15, -0.1) is 0 Å². The summed E-state index contributed by atoms with van der Waals surface area (Å²) in [5, 5.41) is 0. The lowest BCUT2D eigenvalue weighted by molar-refractivity contribution is 0.0686. The summed E-state index contributed by atoms with van der Waals surface area (Å²) < 4.78 is 0.756. The van der Waals surface area contributed by atoms with Crippen LogP contribution in [0.15, 0.2) is 22.8 Å². The molecule has 0 unspecified atom stereocenters. The first-order valence-electron chi connectivity index (χ1n) is 5.82. The minimum atomic E-state index is 0.00736. The molecule has 0 radical (unpaired) electrons. The van der Waals surface area contributed by atoms with Crippen LogP contribution in [0, 0.1) is 5.92 Å². The van der Waals surface area contributed by atoms with E-state index in [0.717, 1.165) is 36.9 Å². The van der Waals surface area contributed by atoms with Gasteiger partial charge in [0.15, 0.2) is 0 Å². The Bertz CT molecular complexity index is 402. The van der Waals surface area contributed by atoms with Gasteiger partial charge in [0.2, 0.25) is 0 Å². The third kappa shape index (κ3) is 2.84. The molecule has 1 aromatic heterocycles. The van der Waals surface area contributed by atoms with Gasteiger partial charge in [0, 0.05) is 23.8 Å². The molecular formula is C12H16BrN3O. The summed E-state index contributed by atoms with van der Waals surface area (Å²) in [4.78, 5) is 18.2. The Hall–Kier alpha value is -0.940. The maximum absolute atomic E-state index is 12.2. The molecule has 0 atom stereocenters. The van der Waals surface area contributed by atoms with Crippen molar-refractivity contribution in [1.82, 2.24) is 9.88 Å². The van der Waals surface area contributed by atoms with Gasteiger partial charge in [-0.2, -0.15) is 0 Å². The van der Waals surface area contributed by atoms with Crippen molar-refractivity contribution in [3.05, 3.63) is 28.5 Å². The number of pyridine rings is 1. The molecular weight excluding hydrogens is 282 g/mol. The summed E-state index contributed by atoms with van der Waals surface area (Å²) in [7, 11) is 0. The number of hydrogen-bond acceptors (Lipinski definition) is 3. The molecule has 2 rings (SSSR count). The Morgan fingerprint density at radius 1 is 1.53 bits per heavy atom. The van der Waals surface area contributed by atoms with Crippen LogP contribution in [0.2, 0.25) is 0 Å². The fourth-order valence-electron chi connectivity index (χ4n) is 2.06. The summed E-state index contributed by atoms with van der Waals surface area (Å²) in [6.45, 7) is 2.28. The van der Waals surface area contributed by atoms with Crippen molar-refractivity contribution in [3.63, 3.8) is 0 Å². The molecule has 17 heavy (non-hydrogen) atoms. The summed E-state index contributed by atoms with van der Waals surface area (Å²) in [5.74, 6) is 0.569. The van der Waals surface area contributed by atoms with Crippen LogP contribution in [0.3, 0.4) is 0 Å². The first-order valence-corrected chi connectivity index (χ1v) is 6.61. The fourth-order valence-corrected chi connectivity index (χ4v) is 2.49. The number of nitrogens with two attached hydrogens (primary N) is 1. The number of likely N-dealkylation sites (tertiary alicyclic amines) is 1. The predicted octanol–water partition coefficient (Wildman–Crippen LogP) is 1.65. The molecule has 0 spiro atoms. The third-order valence-corrected chi connectivity index (χ3v) is 3.84. The lowest BCUT2D eigenvalue weighted by atomic mass is 9.97. The zero-order valence-corrected chi connectivity index (χ0v) is 11.2. The zero-order chi connectivity index (χ0) is 12.3. The van der Waals surface area contributed by atoms with Gasteiger partial charge in [-0.05, 0) is 53.4 Å². The van der Waals surface area contributed by atoms with E-state index < -0.39 is 0 Å². The molecule has 1 aliphatic heterocycles. The number of carbonyl (C=O) groups excluding carboxylic acids is 1. The molecule has 0 saturated carbocycles. The highest BCUT2D eigenvalue weighted by molar-refractivity contribution is 9.10. The van der Waals surface area contributed by atoms with Gasteiger partial charge in [0.1, 0.15) is 5.69 Å².